The minimum absolute atomic E-state index is 0.124. The zero-order valence-electron chi connectivity index (χ0n) is 14.9. The number of fused-ring (bicyclic) bond motifs is 1. The van der Waals surface area contributed by atoms with Crippen molar-refractivity contribution >= 4 is 16.9 Å². The lowest BCUT2D eigenvalue weighted by Gasteiger charge is -2.13. The minimum Gasteiger partial charge on any atom is -0.496 e. The summed E-state index contributed by atoms with van der Waals surface area (Å²) in [5.41, 5.74) is 0.795. The smallest absolute Gasteiger partial charge is 0.258 e. The number of hydrogen-bond donors (Lipinski definition) is 1. The highest BCUT2D eigenvalue weighted by molar-refractivity contribution is 5.79. The van der Waals surface area contributed by atoms with Crippen LogP contribution in [-0.4, -0.2) is 26.7 Å². The van der Waals surface area contributed by atoms with Crippen molar-refractivity contribution in [3.63, 3.8) is 0 Å². The predicted octanol–water partition coefficient (Wildman–Crippen LogP) is 3.71. The number of carbonyl (C=O) groups is 1. The molecule has 1 amide bonds. The Hall–Kier alpha value is -3.15. The van der Waals surface area contributed by atoms with Gasteiger partial charge in [0.1, 0.15) is 28.6 Å². The van der Waals surface area contributed by atoms with E-state index in [0.29, 0.717) is 23.0 Å². The minimum atomic E-state index is -0.265. The molecule has 0 aliphatic rings. The zero-order valence-corrected chi connectivity index (χ0v) is 14.9. The topological polar surface area (TPSA) is 69.9 Å². The maximum Gasteiger partial charge on any atom is 0.258 e. The standard InChI is InChI=1S/C20H21NO5/c1-13(19-8-14-6-4-5-7-18(14)26-19)21-20(22)12-25-17-10-15(23-2)9-16(11-17)24-3/h4-11,13H,12H2,1-3H3,(H,21,22). The third-order valence-electron chi connectivity index (χ3n) is 3.94. The van der Waals surface area contributed by atoms with Crippen LogP contribution in [0.2, 0.25) is 0 Å². The summed E-state index contributed by atoms with van der Waals surface area (Å²) in [6.07, 6.45) is 0. The molecule has 0 radical (unpaired) electrons. The first-order valence-electron chi connectivity index (χ1n) is 8.22. The van der Waals surface area contributed by atoms with Gasteiger partial charge in [0, 0.05) is 23.6 Å². The van der Waals surface area contributed by atoms with Gasteiger partial charge in [0.2, 0.25) is 0 Å². The highest BCUT2D eigenvalue weighted by atomic mass is 16.5. The van der Waals surface area contributed by atoms with Gasteiger partial charge in [-0.25, -0.2) is 0 Å². The van der Waals surface area contributed by atoms with E-state index in [-0.39, 0.29) is 18.6 Å². The molecule has 0 bridgehead atoms. The molecule has 26 heavy (non-hydrogen) atoms. The highest BCUT2D eigenvalue weighted by Gasteiger charge is 2.15. The number of amides is 1. The van der Waals surface area contributed by atoms with Crippen molar-refractivity contribution < 1.29 is 23.4 Å². The number of furan rings is 1. The highest BCUT2D eigenvalue weighted by Crippen LogP contribution is 2.27. The summed E-state index contributed by atoms with van der Waals surface area (Å²) in [6, 6.07) is 14.5. The molecule has 6 nitrogen and oxygen atoms in total. The number of benzene rings is 2. The molecule has 1 heterocycles. The Kier molecular flexibility index (Phi) is 5.31. The lowest BCUT2D eigenvalue weighted by atomic mass is 10.2. The van der Waals surface area contributed by atoms with Crippen LogP contribution >= 0.6 is 0 Å². The van der Waals surface area contributed by atoms with Crippen LogP contribution in [0, 0.1) is 0 Å². The zero-order chi connectivity index (χ0) is 18.5. The van der Waals surface area contributed by atoms with Gasteiger partial charge >= 0.3 is 0 Å². The van der Waals surface area contributed by atoms with E-state index >= 15 is 0 Å². The lowest BCUT2D eigenvalue weighted by Crippen LogP contribution is -2.31. The number of carbonyl (C=O) groups excluding carboxylic acids is 1. The molecule has 0 aliphatic heterocycles. The van der Waals surface area contributed by atoms with Crippen LogP contribution in [-0.2, 0) is 4.79 Å². The van der Waals surface area contributed by atoms with Crippen LogP contribution in [0.15, 0.2) is 52.9 Å². The average molecular weight is 355 g/mol. The van der Waals surface area contributed by atoms with E-state index in [9.17, 15) is 4.79 Å². The molecule has 0 spiro atoms. The predicted molar refractivity (Wildman–Crippen MR) is 97.8 cm³/mol. The third kappa shape index (κ3) is 4.08. The molecular weight excluding hydrogens is 334 g/mol. The number of rotatable bonds is 7. The average Bonchev–Trinajstić information content (AvgIpc) is 3.10. The molecule has 0 fully saturated rings. The van der Waals surface area contributed by atoms with E-state index in [2.05, 4.69) is 5.32 Å². The van der Waals surface area contributed by atoms with Crippen molar-refractivity contribution in [2.45, 2.75) is 13.0 Å². The first-order chi connectivity index (χ1) is 12.6. The Bertz CT molecular complexity index is 847. The van der Waals surface area contributed by atoms with Crippen LogP contribution < -0.4 is 19.5 Å². The van der Waals surface area contributed by atoms with Crippen LogP contribution in [0.3, 0.4) is 0 Å². The van der Waals surface area contributed by atoms with E-state index in [1.807, 2.05) is 37.3 Å². The van der Waals surface area contributed by atoms with Gasteiger partial charge < -0.3 is 23.9 Å². The van der Waals surface area contributed by atoms with E-state index in [1.165, 1.54) is 0 Å². The molecule has 2 aromatic carbocycles. The normalized spacial score (nSPS) is 11.8. The van der Waals surface area contributed by atoms with Gasteiger partial charge in [-0.15, -0.1) is 0 Å². The molecule has 1 aromatic heterocycles. The maximum absolute atomic E-state index is 12.2. The number of para-hydroxylation sites is 1. The monoisotopic (exact) mass is 355 g/mol. The van der Waals surface area contributed by atoms with Crippen molar-refractivity contribution in [1.82, 2.24) is 5.32 Å². The molecule has 3 rings (SSSR count). The second kappa shape index (κ2) is 7.82. The van der Waals surface area contributed by atoms with Crippen molar-refractivity contribution in [1.29, 1.82) is 0 Å². The molecule has 1 unspecified atom stereocenters. The second-order valence-corrected chi connectivity index (χ2v) is 5.81. The fraction of sp³-hybridized carbons (Fsp3) is 0.250. The second-order valence-electron chi connectivity index (χ2n) is 5.81. The Labute approximate surface area is 151 Å². The molecule has 0 aliphatic carbocycles. The van der Waals surface area contributed by atoms with Gasteiger partial charge in [-0.1, -0.05) is 18.2 Å². The van der Waals surface area contributed by atoms with Gasteiger partial charge in [0.05, 0.1) is 20.3 Å². The Morgan fingerprint density at radius 2 is 1.69 bits per heavy atom. The van der Waals surface area contributed by atoms with Crippen LogP contribution in [0.4, 0.5) is 0 Å². The maximum atomic E-state index is 12.2. The lowest BCUT2D eigenvalue weighted by molar-refractivity contribution is -0.123. The van der Waals surface area contributed by atoms with E-state index in [4.69, 9.17) is 18.6 Å². The van der Waals surface area contributed by atoms with Gasteiger partial charge in [0.25, 0.3) is 5.91 Å². The van der Waals surface area contributed by atoms with Gasteiger partial charge in [-0.3, -0.25) is 4.79 Å². The summed E-state index contributed by atoms with van der Waals surface area (Å²) in [5, 5.41) is 3.87. The first kappa shape index (κ1) is 17.7. The number of hydrogen-bond acceptors (Lipinski definition) is 5. The molecule has 0 saturated carbocycles. The Morgan fingerprint density at radius 1 is 1.04 bits per heavy atom. The van der Waals surface area contributed by atoms with E-state index in [0.717, 1.165) is 11.0 Å². The SMILES string of the molecule is COc1cc(OC)cc(OCC(=O)NC(C)c2cc3ccccc3o2)c1. The molecule has 1 N–H and O–H groups in total. The fourth-order valence-corrected chi connectivity index (χ4v) is 2.58. The molecule has 1 atom stereocenters. The molecule has 0 saturated heterocycles. The van der Waals surface area contributed by atoms with Crippen LogP contribution in [0.25, 0.3) is 11.0 Å². The van der Waals surface area contributed by atoms with Crippen molar-refractivity contribution in [2.75, 3.05) is 20.8 Å². The number of nitrogens with one attached hydrogen (secondary N) is 1. The molecule has 6 heteroatoms. The summed E-state index contributed by atoms with van der Waals surface area (Å²) in [4.78, 5) is 12.2. The summed E-state index contributed by atoms with van der Waals surface area (Å²) < 4.78 is 21.7. The van der Waals surface area contributed by atoms with Crippen molar-refractivity contribution in [3.05, 3.63) is 54.3 Å². The number of ether oxygens (including phenoxy) is 3. The summed E-state index contributed by atoms with van der Waals surface area (Å²) in [5.74, 6) is 2.13. The van der Waals surface area contributed by atoms with Crippen molar-refractivity contribution in [3.8, 4) is 17.2 Å². The van der Waals surface area contributed by atoms with Crippen LogP contribution in [0.5, 0.6) is 17.2 Å². The van der Waals surface area contributed by atoms with Gasteiger partial charge in [-0.05, 0) is 19.1 Å². The van der Waals surface area contributed by atoms with Crippen LogP contribution in [0.1, 0.15) is 18.7 Å². The number of methoxy groups -OCH3 is 2. The summed E-state index contributed by atoms with van der Waals surface area (Å²) in [6.45, 7) is 1.74. The summed E-state index contributed by atoms with van der Waals surface area (Å²) in [7, 11) is 3.11. The Balaban J connectivity index is 1.60. The van der Waals surface area contributed by atoms with Gasteiger partial charge in [0.15, 0.2) is 6.61 Å². The molecular formula is C20H21NO5. The van der Waals surface area contributed by atoms with Crippen molar-refractivity contribution in [2.24, 2.45) is 0 Å². The quantitative estimate of drug-likeness (QED) is 0.700. The third-order valence-corrected chi connectivity index (χ3v) is 3.94. The first-order valence-corrected chi connectivity index (χ1v) is 8.22. The van der Waals surface area contributed by atoms with Gasteiger partial charge in [-0.2, -0.15) is 0 Å². The summed E-state index contributed by atoms with van der Waals surface area (Å²) >= 11 is 0. The fourth-order valence-electron chi connectivity index (χ4n) is 2.58. The van der Waals surface area contributed by atoms with E-state index in [1.54, 1.807) is 32.4 Å². The largest absolute Gasteiger partial charge is 0.496 e. The Morgan fingerprint density at radius 3 is 2.35 bits per heavy atom. The van der Waals surface area contributed by atoms with E-state index < -0.39 is 0 Å². The molecule has 3 aromatic rings. The molecule has 136 valence electrons.